The van der Waals surface area contributed by atoms with Gasteiger partial charge in [0.05, 0.1) is 5.69 Å². The number of nitrogens with zero attached hydrogens (tertiary/aromatic N) is 2. The van der Waals surface area contributed by atoms with E-state index in [1.165, 1.54) is 5.56 Å². The second-order valence-electron chi connectivity index (χ2n) is 7.34. The summed E-state index contributed by atoms with van der Waals surface area (Å²) < 4.78 is 0. The minimum Gasteiger partial charge on any atom is -0.477 e. The minimum atomic E-state index is -1.05. The lowest BCUT2D eigenvalue weighted by Gasteiger charge is -2.34. The van der Waals surface area contributed by atoms with Gasteiger partial charge in [-0.1, -0.05) is 54.1 Å². The molecule has 0 saturated carbocycles. The Bertz CT molecular complexity index is 1060. The highest BCUT2D eigenvalue weighted by Gasteiger charge is 2.24. The standard InChI is InChI=1S/C23H22ClN3O3S/c24-18-8-6-16(7-9-18)15-26-10-12-27(13-11-26)23(30)25-19-14-20(31-21(19)22(28)29)17-4-2-1-3-5-17/h1-9,14H,10-13,15H2,(H,25,30)(H,28,29). The van der Waals surface area contributed by atoms with Gasteiger partial charge in [-0.15, -0.1) is 11.3 Å². The SMILES string of the molecule is O=C(O)c1sc(-c2ccccc2)cc1NC(=O)N1CCN(Cc2ccc(Cl)cc2)CC1. The van der Waals surface area contributed by atoms with Crippen LogP contribution < -0.4 is 5.32 Å². The van der Waals surface area contributed by atoms with Gasteiger partial charge in [-0.25, -0.2) is 9.59 Å². The van der Waals surface area contributed by atoms with Crippen molar-refractivity contribution in [3.63, 3.8) is 0 Å². The van der Waals surface area contributed by atoms with Gasteiger partial charge < -0.3 is 15.3 Å². The molecule has 1 saturated heterocycles. The van der Waals surface area contributed by atoms with E-state index in [-0.39, 0.29) is 10.9 Å². The van der Waals surface area contributed by atoms with E-state index in [2.05, 4.69) is 10.2 Å². The summed E-state index contributed by atoms with van der Waals surface area (Å²) in [7, 11) is 0. The number of aromatic carboxylic acids is 1. The largest absolute Gasteiger partial charge is 0.477 e. The third-order valence-corrected chi connectivity index (χ3v) is 6.63. The van der Waals surface area contributed by atoms with Crippen LogP contribution in [0.1, 0.15) is 15.2 Å². The summed E-state index contributed by atoms with van der Waals surface area (Å²) in [5.74, 6) is -1.05. The number of nitrogens with one attached hydrogen (secondary N) is 1. The zero-order valence-electron chi connectivity index (χ0n) is 16.8. The molecule has 0 spiro atoms. The van der Waals surface area contributed by atoms with Gasteiger partial charge in [-0.05, 0) is 29.3 Å². The Kier molecular flexibility index (Phi) is 6.56. The van der Waals surface area contributed by atoms with Gasteiger partial charge in [0.15, 0.2) is 0 Å². The van der Waals surface area contributed by atoms with Crippen LogP contribution >= 0.6 is 22.9 Å². The molecular weight excluding hydrogens is 434 g/mol. The summed E-state index contributed by atoms with van der Waals surface area (Å²) in [5, 5.41) is 13.1. The molecule has 0 radical (unpaired) electrons. The lowest BCUT2D eigenvalue weighted by Crippen LogP contribution is -2.49. The fraction of sp³-hybridized carbons (Fsp3) is 0.217. The first kappa shape index (κ1) is 21.4. The molecule has 0 bridgehead atoms. The van der Waals surface area contributed by atoms with Gasteiger partial charge in [0.1, 0.15) is 4.88 Å². The first-order valence-electron chi connectivity index (χ1n) is 9.95. The second kappa shape index (κ2) is 9.51. The molecule has 3 aromatic rings. The summed E-state index contributed by atoms with van der Waals surface area (Å²) in [6, 6.07) is 18.8. The molecular formula is C23H22ClN3O3S. The molecule has 2 amide bonds. The highest BCUT2D eigenvalue weighted by atomic mass is 35.5. The van der Waals surface area contributed by atoms with Crippen LogP contribution in [0.15, 0.2) is 60.7 Å². The van der Waals surface area contributed by atoms with E-state index in [1.807, 2.05) is 54.6 Å². The van der Waals surface area contributed by atoms with Crippen molar-refractivity contribution in [3.8, 4) is 10.4 Å². The van der Waals surface area contributed by atoms with E-state index in [0.29, 0.717) is 18.8 Å². The molecule has 4 rings (SSSR count). The minimum absolute atomic E-state index is 0.133. The van der Waals surface area contributed by atoms with E-state index in [0.717, 1.165) is 46.4 Å². The van der Waals surface area contributed by atoms with Crippen molar-refractivity contribution in [1.82, 2.24) is 9.80 Å². The van der Waals surface area contributed by atoms with Crippen molar-refractivity contribution >= 4 is 40.6 Å². The highest BCUT2D eigenvalue weighted by molar-refractivity contribution is 7.18. The summed E-state index contributed by atoms with van der Waals surface area (Å²) >= 11 is 7.10. The number of carbonyl (C=O) groups is 2. The number of benzene rings is 2. The Hall–Kier alpha value is -2.87. The Morgan fingerprint density at radius 3 is 2.32 bits per heavy atom. The van der Waals surface area contributed by atoms with Gasteiger partial charge in [0.2, 0.25) is 0 Å². The number of anilines is 1. The van der Waals surface area contributed by atoms with Crippen LogP contribution in [0.5, 0.6) is 0 Å². The van der Waals surface area contributed by atoms with Crippen molar-refractivity contribution in [1.29, 1.82) is 0 Å². The Morgan fingerprint density at radius 2 is 1.68 bits per heavy atom. The quantitative estimate of drug-likeness (QED) is 0.560. The van der Waals surface area contributed by atoms with Gasteiger partial charge in [-0.2, -0.15) is 0 Å². The molecule has 1 aromatic heterocycles. The van der Waals surface area contributed by atoms with Crippen LogP contribution in [0.2, 0.25) is 5.02 Å². The summed E-state index contributed by atoms with van der Waals surface area (Å²) in [6.45, 7) is 3.47. The monoisotopic (exact) mass is 455 g/mol. The van der Waals surface area contributed by atoms with E-state index in [1.54, 1.807) is 11.0 Å². The van der Waals surface area contributed by atoms with Crippen LogP contribution in [0.25, 0.3) is 10.4 Å². The van der Waals surface area contributed by atoms with Gasteiger partial charge in [-0.3, -0.25) is 4.90 Å². The topological polar surface area (TPSA) is 72.9 Å². The van der Waals surface area contributed by atoms with Gasteiger partial charge in [0.25, 0.3) is 0 Å². The molecule has 0 aliphatic carbocycles. The maximum atomic E-state index is 12.8. The van der Waals surface area contributed by atoms with E-state index in [9.17, 15) is 14.7 Å². The molecule has 1 fully saturated rings. The van der Waals surface area contributed by atoms with Crippen LogP contribution in [-0.4, -0.2) is 53.1 Å². The Labute approximate surface area is 189 Å². The van der Waals surface area contributed by atoms with Gasteiger partial charge >= 0.3 is 12.0 Å². The molecule has 6 nitrogen and oxygen atoms in total. The number of urea groups is 1. The smallest absolute Gasteiger partial charge is 0.348 e. The van der Waals surface area contributed by atoms with E-state index >= 15 is 0 Å². The number of carbonyl (C=O) groups excluding carboxylic acids is 1. The second-order valence-corrected chi connectivity index (χ2v) is 8.83. The maximum Gasteiger partial charge on any atom is 0.348 e. The number of hydrogen-bond acceptors (Lipinski definition) is 4. The predicted octanol–water partition coefficient (Wildman–Crippen LogP) is 5.12. The highest BCUT2D eigenvalue weighted by Crippen LogP contribution is 2.35. The zero-order valence-corrected chi connectivity index (χ0v) is 18.3. The molecule has 2 heterocycles. The zero-order chi connectivity index (χ0) is 21.8. The average molecular weight is 456 g/mol. The van der Waals surface area contributed by atoms with Crippen LogP contribution in [0.4, 0.5) is 10.5 Å². The third-order valence-electron chi connectivity index (χ3n) is 5.21. The number of thiophene rings is 1. The molecule has 0 atom stereocenters. The number of amides is 2. The molecule has 2 N–H and O–H groups in total. The number of carboxylic acids is 1. The van der Waals surface area contributed by atoms with Gasteiger partial charge in [0, 0.05) is 42.6 Å². The van der Waals surface area contributed by atoms with Crippen molar-refractivity contribution in [2.24, 2.45) is 0 Å². The number of halogens is 1. The molecule has 0 unspecified atom stereocenters. The van der Waals surface area contributed by atoms with Crippen LogP contribution in [0.3, 0.4) is 0 Å². The van der Waals surface area contributed by atoms with E-state index in [4.69, 9.17) is 11.6 Å². The van der Waals surface area contributed by atoms with Crippen LogP contribution in [0, 0.1) is 0 Å². The fourth-order valence-corrected chi connectivity index (χ4v) is 4.62. The fourth-order valence-electron chi connectivity index (χ4n) is 3.54. The Morgan fingerprint density at radius 1 is 1.00 bits per heavy atom. The maximum absolute atomic E-state index is 12.8. The molecule has 1 aliphatic heterocycles. The number of hydrogen-bond donors (Lipinski definition) is 2. The summed E-state index contributed by atoms with van der Waals surface area (Å²) in [6.07, 6.45) is 0. The van der Waals surface area contributed by atoms with Crippen molar-refractivity contribution in [2.75, 3.05) is 31.5 Å². The molecule has 31 heavy (non-hydrogen) atoms. The molecule has 2 aromatic carbocycles. The number of carboxylic acid groups (broad SMARTS) is 1. The lowest BCUT2D eigenvalue weighted by molar-refractivity contribution is 0.0703. The normalized spacial score (nSPS) is 14.4. The summed E-state index contributed by atoms with van der Waals surface area (Å²) in [4.78, 5) is 29.4. The van der Waals surface area contributed by atoms with Crippen molar-refractivity contribution < 1.29 is 14.7 Å². The third kappa shape index (κ3) is 5.25. The van der Waals surface area contributed by atoms with E-state index < -0.39 is 5.97 Å². The predicted molar refractivity (Wildman–Crippen MR) is 124 cm³/mol. The average Bonchev–Trinajstić information content (AvgIpc) is 3.20. The first-order valence-corrected chi connectivity index (χ1v) is 11.1. The van der Waals surface area contributed by atoms with Crippen molar-refractivity contribution in [3.05, 3.63) is 76.1 Å². The number of piperazine rings is 1. The van der Waals surface area contributed by atoms with Crippen LogP contribution in [-0.2, 0) is 6.54 Å². The molecule has 160 valence electrons. The van der Waals surface area contributed by atoms with Crippen molar-refractivity contribution in [2.45, 2.75) is 6.54 Å². The lowest BCUT2D eigenvalue weighted by atomic mass is 10.2. The number of rotatable bonds is 5. The molecule has 8 heteroatoms. The summed E-state index contributed by atoms with van der Waals surface area (Å²) in [5.41, 5.74) is 2.44. The molecule has 1 aliphatic rings. The Balaban J connectivity index is 1.38. The first-order chi connectivity index (χ1) is 15.0.